The van der Waals surface area contributed by atoms with Crippen molar-refractivity contribution in [3.8, 4) is 0 Å². The highest BCUT2D eigenvalue weighted by molar-refractivity contribution is 9.10. The van der Waals surface area contributed by atoms with Gasteiger partial charge in [0.05, 0.1) is 5.75 Å². The smallest absolute Gasteiger partial charge is 0.230 e. The van der Waals surface area contributed by atoms with E-state index in [-0.39, 0.29) is 23.8 Å². The largest absolute Gasteiger partial charge is 0.353 e. The normalized spacial score (nSPS) is 15.7. The lowest BCUT2D eigenvalue weighted by molar-refractivity contribution is -0.135. The Morgan fingerprint density at radius 1 is 1.26 bits per heavy atom. The van der Waals surface area contributed by atoms with Gasteiger partial charge in [0, 0.05) is 34.4 Å². The third-order valence-electron chi connectivity index (χ3n) is 3.85. The fraction of sp³-hybridized carbons (Fsp3) is 0.529. The number of hydrogen-bond acceptors (Lipinski definition) is 3. The lowest BCUT2D eigenvalue weighted by atomic mass is 10.0. The van der Waals surface area contributed by atoms with Crippen molar-refractivity contribution in [2.75, 3.05) is 18.8 Å². The van der Waals surface area contributed by atoms with Crippen LogP contribution in [-0.2, 0) is 9.59 Å². The van der Waals surface area contributed by atoms with E-state index in [1.54, 1.807) is 0 Å². The number of hydrogen-bond donors (Lipinski definition) is 1. The van der Waals surface area contributed by atoms with Crippen molar-refractivity contribution in [3.63, 3.8) is 0 Å². The van der Waals surface area contributed by atoms with Crippen molar-refractivity contribution < 1.29 is 9.59 Å². The topological polar surface area (TPSA) is 49.4 Å². The average molecular weight is 399 g/mol. The molecule has 1 aliphatic heterocycles. The van der Waals surface area contributed by atoms with Gasteiger partial charge in [0.1, 0.15) is 0 Å². The van der Waals surface area contributed by atoms with E-state index < -0.39 is 0 Å². The second-order valence-electron chi connectivity index (χ2n) is 6.06. The quantitative estimate of drug-likeness (QED) is 0.773. The molecule has 2 amide bonds. The summed E-state index contributed by atoms with van der Waals surface area (Å²) in [5, 5.41) is 3.08. The standard InChI is InChI=1S/C17H23BrN2O2S/c1-12(2)17(22)20-9-7-14(8-10-20)19-16(21)11-23-15-5-3-13(18)4-6-15/h3-6,12,14H,7-11H2,1-2H3,(H,19,21). The molecule has 0 atom stereocenters. The molecule has 23 heavy (non-hydrogen) atoms. The van der Waals surface area contributed by atoms with Crippen LogP contribution in [0.5, 0.6) is 0 Å². The minimum atomic E-state index is 0.0449. The molecule has 0 radical (unpaired) electrons. The molecule has 2 rings (SSSR count). The SMILES string of the molecule is CC(C)C(=O)N1CCC(NC(=O)CSc2ccc(Br)cc2)CC1. The number of likely N-dealkylation sites (tertiary alicyclic amines) is 1. The van der Waals surface area contributed by atoms with Crippen LogP contribution in [-0.4, -0.2) is 41.6 Å². The molecule has 0 saturated carbocycles. The van der Waals surface area contributed by atoms with Gasteiger partial charge in [-0.15, -0.1) is 11.8 Å². The van der Waals surface area contributed by atoms with Crippen LogP contribution >= 0.6 is 27.7 Å². The number of carbonyl (C=O) groups is 2. The van der Waals surface area contributed by atoms with Gasteiger partial charge in [0.2, 0.25) is 11.8 Å². The summed E-state index contributed by atoms with van der Waals surface area (Å²) < 4.78 is 1.04. The number of benzene rings is 1. The van der Waals surface area contributed by atoms with E-state index in [0.29, 0.717) is 5.75 Å². The Bertz CT molecular complexity index is 540. The zero-order valence-electron chi connectivity index (χ0n) is 13.5. The average Bonchev–Trinajstić information content (AvgIpc) is 2.54. The van der Waals surface area contributed by atoms with Crippen molar-refractivity contribution in [3.05, 3.63) is 28.7 Å². The number of thioether (sulfide) groups is 1. The maximum atomic E-state index is 12.1. The molecule has 1 heterocycles. The molecule has 0 aromatic heterocycles. The lowest BCUT2D eigenvalue weighted by Crippen LogP contribution is -2.47. The Labute approximate surface area is 150 Å². The van der Waals surface area contributed by atoms with Crippen LogP contribution in [0.1, 0.15) is 26.7 Å². The zero-order valence-corrected chi connectivity index (χ0v) is 16.0. The Balaban J connectivity index is 1.70. The number of carbonyl (C=O) groups excluding carboxylic acids is 2. The van der Waals surface area contributed by atoms with E-state index in [4.69, 9.17) is 0 Å². The van der Waals surface area contributed by atoms with Crippen LogP contribution in [0.15, 0.2) is 33.6 Å². The van der Waals surface area contributed by atoms with Gasteiger partial charge in [-0.3, -0.25) is 9.59 Å². The number of amides is 2. The van der Waals surface area contributed by atoms with Gasteiger partial charge < -0.3 is 10.2 Å². The second-order valence-corrected chi connectivity index (χ2v) is 8.03. The Hall–Kier alpha value is -1.01. The van der Waals surface area contributed by atoms with Crippen molar-refractivity contribution >= 4 is 39.5 Å². The van der Waals surface area contributed by atoms with E-state index in [1.807, 2.05) is 43.0 Å². The van der Waals surface area contributed by atoms with Crippen LogP contribution in [0.25, 0.3) is 0 Å². The number of nitrogens with one attached hydrogen (secondary N) is 1. The summed E-state index contributed by atoms with van der Waals surface area (Å²) in [6.45, 7) is 5.33. The third-order valence-corrected chi connectivity index (χ3v) is 5.39. The molecule has 1 aromatic rings. The molecule has 1 aliphatic rings. The minimum Gasteiger partial charge on any atom is -0.353 e. The van der Waals surface area contributed by atoms with Crippen LogP contribution in [0.4, 0.5) is 0 Å². The molecule has 0 unspecified atom stereocenters. The first-order valence-electron chi connectivity index (χ1n) is 7.92. The number of piperidine rings is 1. The first-order valence-corrected chi connectivity index (χ1v) is 9.70. The van der Waals surface area contributed by atoms with Crippen LogP contribution in [0.2, 0.25) is 0 Å². The molecule has 0 spiro atoms. The van der Waals surface area contributed by atoms with Gasteiger partial charge in [0.25, 0.3) is 0 Å². The molecule has 0 bridgehead atoms. The van der Waals surface area contributed by atoms with Gasteiger partial charge in [-0.05, 0) is 37.1 Å². The fourth-order valence-corrected chi connectivity index (χ4v) is 3.53. The predicted molar refractivity (Wildman–Crippen MR) is 97.4 cm³/mol. The van der Waals surface area contributed by atoms with E-state index in [1.165, 1.54) is 11.8 Å². The van der Waals surface area contributed by atoms with Crippen LogP contribution in [0, 0.1) is 5.92 Å². The van der Waals surface area contributed by atoms with E-state index in [9.17, 15) is 9.59 Å². The maximum Gasteiger partial charge on any atom is 0.230 e. The van der Waals surface area contributed by atoms with Crippen molar-refractivity contribution in [1.82, 2.24) is 10.2 Å². The molecule has 1 aromatic carbocycles. The lowest BCUT2D eigenvalue weighted by Gasteiger charge is -2.33. The Morgan fingerprint density at radius 3 is 2.43 bits per heavy atom. The predicted octanol–water partition coefficient (Wildman–Crippen LogP) is 3.30. The van der Waals surface area contributed by atoms with Crippen molar-refractivity contribution in [2.45, 2.75) is 37.6 Å². The molecule has 1 fully saturated rings. The van der Waals surface area contributed by atoms with E-state index in [2.05, 4.69) is 21.2 Å². The summed E-state index contributed by atoms with van der Waals surface area (Å²) in [5.74, 6) is 0.739. The molecule has 6 heteroatoms. The number of halogens is 1. The fourth-order valence-electron chi connectivity index (χ4n) is 2.56. The van der Waals surface area contributed by atoms with Gasteiger partial charge >= 0.3 is 0 Å². The van der Waals surface area contributed by atoms with Crippen molar-refractivity contribution in [2.24, 2.45) is 5.92 Å². The van der Waals surface area contributed by atoms with Crippen molar-refractivity contribution in [1.29, 1.82) is 0 Å². The first kappa shape index (κ1) is 18.3. The van der Waals surface area contributed by atoms with Crippen LogP contribution in [0.3, 0.4) is 0 Å². The summed E-state index contributed by atoms with van der Waals surface area (Å²) in [6, 6.07) is 8.13. The van der Waals surface area contributed by atoms with Gasteiger partial charge in [-0.1, -0.05) is 29.8 Å². The van der Waals surface area contributed by atoms with E-state index >= 15 is 0 Å². The minimum absolute atomic E-state index is 0.0449. The van der Waals surface area contributed by atoms with E-state index in [0.717, 1.165) is 35.3 Å². The van der Waals surface area contributed by atoms with Gasteiger partial charge in [-0.25, -0.2) is 0 Å². The molecular weight excluding hydrogens is 376 g/mol. The monoisotopic (exact) mass is 398 g/mol. The summed E-state index contributed by atoms with van der Waals surface area (Å²) in [4.78, 5) is 27.0. The highest BCUT2D eigenvalue weighted by atomic mass is 79.9. The second kappa shape index (κ2) is 8.73. The highest BCUT2D eigenvalue weighted by Crippen LogP contribution is 2.20. The summed E-state index contributed by atoms with van der Waals surface area (Å²) in [7, 11) is 0. The highest BCUT2D eigenvalue weighted by Gasteiger charge is 2.24. The third kappa shape index (κ3) is 5.84. The number of nitrogens with zero attached hydrogens (tertiary/aromatic N) is 1. The molecule has 4 nitrogen and oxygen atoms in total. The molecule has 0 aliphatic carbocycles. The maximum absolute atomic E-state index is 12.1. The summed E-state index contributed by atoms with van der Waals surface area (Å²) in [5.41, 5.74) is 0. The molecular formula is C17H23BrN2O2S. The number of rotatable bonds is 5. The Kier molecular flexibility index (Phi) is 6.96. The summed E-state index contributed by atoms with van der Waals surface area (Å²) >= 11 is 4.94. The first-order chi connectivity index (χ1) is 11.0. The molecule has 1 N–H and O–H groups in total. The zero-order chi connectivity index (χ0) is 16.8. The van der Waals surface area contributed by atoms with Gasteiger partial charge in [-0.2, -0.15) is 0 Å². The Morgan fingerprint density at radius 2 is 1.87 bits per heavy atom. The van der Waals surface area contributed by atoms with Gasteiger partial charge in [0.15, 0.2) is 0 Å². The molecule has 126 valence electrons. The van der Waals surface area contributed by atoms with Crippen LogP contribution < -0.4 is 5.32 Å². The molecule has 1 saturated heterocycles. The summed E-state index contributed by atoms with van der Waals surface area (Å²) in [6.07, 6.45) is 1.68.